The number of hydrogen-bond acceptors (Lipinski definition) is 9. The van der Waals surface area contributed by atoms with Gasteiger partial charge in [-0.2, -0.15) is 0 Å². The van der Waals surface area contributed by atoms with Gasteiger partial charge in [0, 0.05) is 25.4 Å². The molecule has 1 fully saturated rings. The molecule has 0 aliphatic carbocycles. The minimum absolute atomic E-state index is 0.0518. The molecule has 5 N–H and O–H groups in total. The van der Waals surface area contributed by atoms with Crippen molar-refractivity contribution in [2.75, 3.05) is 19.5 Å². The second-order valence-corrected chi connectivity index (χ2v) is 11.6. The van der Waals surface area contributed by atoms with Crippen molar-refractivity contribution >= 4 is 47.2 Å². The molecule has 13 heteroatoms. The predicted octanol–water partition coefficient (Wildman–Crippen LogP) is 2.66. The molecule has 3 aromatic rings. The van der Waals surface area contributed by atoms with Crippen molar-refractivity contribution in [3.63, 3.8) is 0 Å². The van der Waals surface area contributed by atoms with Crippen LogP contribution < -0.4 is 16.8 Å². The van der Waals surface area contributed by atoms with E-state index >= 15 is 0 Å². The monoisotopic (exact) mass is 643 g/mol. The molecular weight excluding hydrogens is 610 g/mol. The third-order valence-electron chi connectivity index (χ3n) is 7.39. The Labute approximate surface area is 269 Å². The number of ether oxygens (including phenoxy) is 3. The fourth-order valence-electron chi connectivity index (χ4n) is 5.25. The molecule has 2 aliphatic rings. The van der Waals surface area contributed by atoms with Crippen molar-refractivity contribution in [3.05, 3.63) is 113 Å². The molecule has 12 nitrogen and oxygen atoms in total. The number of esters is 2. The van der Waals surface area contributed by atoms with Gasteiger partial charge in [-0.3, -0.25) is 19.3 Å². The largest absolute Gasteiger partial charge is 0.461 e. The van der Waals surface area contributed by atoms with Gasteiger partial charge in [0.2, 0.25) is 5.91 Å². The van der Waals surface area contributed by atoms with Gasteiger partial charge < -0.3 is 31.0 Å². The Bertz CT molecular complexity index is 1640. The number of benzene rings is 3. The Morgan fingerprint density at radius 1 is 1.00 bits per heavy atom. The molecule has 2 atom stereocenters. The number of rotatable bonds is 11. The number of β-lactam (4-membered cyclic amide) rings is 1. The lowest BCUT2D eigenvalue weighted by Crippen LogP contribution is -2.80. The lowest BCUT2D eigenvalue weighted by Gasteiger charge is -2.56. The average molecular weight is 644 g/mol. The van der Waals surface area contributed by atoms with Gasteiger partial charge in [-0.25, -0.2) is 9.79 Å². The smallest absolute Gasteiger partial charge is 0.356 e. The minimum atomic E-state index is -1.74. The molecule has 2 heterocycles. The van der Waals surface area contributed by atoms with Gasteiger partial charge in [0.1, 0.15) is 17.7 Å². The molecule has 0 saturated carbocycles. The van der Waals surface area contributed by atoms with E-state index in [9.17, 15) is 19.2 Å². The summed E-state index contributed by atoms with van der Waals surface area (Å²) in [6, 6.07) is 25.1. The number of nitrogens with two attached hydrogens (primary N) is 2. The van der Waals surface area contributed by atoms with Crippen LogP contribution in [-0.2, 0) is 39.8 Å². The molecule has 2 aliphatic heterocycles. The van der Waals surface area contributed by atoms with Crippen molar-refractivity contribution in [2.45, 2.75) is 30.5 Å². The van der Waals surface area contributed by atoms with E-state index in [0.29, 0.717) is 16.8 Å². The van der Waals surface area contributed by atoms with Gasteiger partial charge in [-0.1, -0.05) is 72.8 Å². The van der Waals surface area contributed by atoms with E-state index in [1.165, 1.54) is 30.7 Å². The number of methoxy groups -OCH3 is 1. The first-order valence-corrected chi connectivity index (χ1v) is 15.3. The first-order valence-electron chi connectivity index (χ1n) is 14.3. The van der Waals surface area contributed by atoms with Crippen LogP contribution in [-0.4, -0.2) is 65.2 Å². The molecule has 0 bridgehead atoms. The molecule has 46 heavy (non-hydrogen) atoms. The molecule has 238 valence electrons. The summed E-state index contributed by atoms with van der Waals surface area (Å²) < 4.78 is 17.0. The minimum Gasteiger partial charge on any atom is -0.461 e. The Hall–Kier alpha value is -5.14. The third kappa shape index (κ3) is 6.75. The van der Waals surface area contributed by atoms with Crippen LogP contribution in [0.5, 0.6) is 0 Å². The fourth-order valence-corrected chi connectivity index (χ4v) is 6.67. The number of nitrogens with zero attached hydrogens (tertiary/aromatic N) is 2. The molecule has 1 saturated heterocycles. The summed E-state index contributed by atoms with van der Waals surface area (Å²) in [5.41, 5.74) is 12.1. The Kier molecular flexibility index (Phi) is 9.73. The highest BCUT2D eigenvalue weighted by atomic mass is 32.2. The fraction of sp³-hybridized carbons (Fsp3) is 0.242. The van der Waals surface area contributed by atoms with Crippen LogP contribution in [0.3, 0.4) is 0 Å². The number of hydrogen-bond donors (Lipinski definition) is 3. The first-order chi connectivity index (χ1) is 22.1. The van der Waals surface area contributed by atoms with E-state index in [-0.39, 0.29) is 30.4 Å². The van der Waals surface area contributed by atoms with Gasteiger partial charge in [0.15, 0.2) is 12.1 Å². The molecular formula is C33H33N5O7S. The van der Waals surface area contributed by atoms with Crippen molar-refractivity contribution in [1.82, 2.24) is 10.2 Å². The van der Waals surface area contributed by atoms with E-state index < -0.39 is 41.0 Å². The zero-order valence-corrected chi connectivity index (χ0v) is 26.0. The number of nitrogens with one attached hydrogen (secondary N) is 1. The standard InChI is InChI=1S/C33H33N5O7S/c1-20(39)44-18-24-19-46-31-33(43-2,37-26(40)17-21-13-15-25(16-14-21)36-32(34)35)30(42)38(31)27(24)29(41)45-28(22-9-5-3-6-10-22)23-11-7-4-8-12-23/h3-16,28,31H,17-19H2,1-2H3,(H,37,40)(H4,34,35,36)/t31-,33?/m1/s1. The van der Waals surface area contributed by atoms with E-state index in [4.69, 9.17) is 25.7 Å². The van der Waals surface area contributed by atoms with Gasteiger partial charge in [0.25, 0.3) is 11.6 Å². The maximum atomic E-state index is 14.0. The van der Waals surface area contributed by atoms with E-state index in [2.05, 4.69) is 10.3 Å². The summed E-state index contributed by atoms with van der Waals surface area (Å²) in [5, 5.41) is 1.94. The topological polar surface area (TPSA) is 176 Å². The number of thioether (sulfide) groups is 1. The number of guanidine groups is 1. The molecule has 5 rings (SSSR count). The molecule has 3 aromatic carbocycles. The average Bonchev–Trinajstić information content (AvgIpc) is 3.05. The Morgan fingerprint density at radius 3 is 2.15 bits per heavy atom. The van der Waals surface area contributed by atoms with Crippen LogP contribution in [0.25, 0.3) is 0 Å². The van der Waals surface area contributed by atoms with Gasteiger partial charge in [-0.05, 0) is 28.8 Å². The Balaban J connectivity index is 1.40. The Morgan fingerprint density at radius 2 is 1.61 bits per heavy atom. The highest BCUT2D eigenvalue weighted by Gasteiger charge is 2.66. The molecule has 0 spiro atoms. The van der Waals surface area contributed by atoms with Crippen LogP contribution in [0, 0.1) is 0 Å². The summed E-state index contributed by atoms with van der Waals surface area (Å²) >= 11 is 1.27. The second kappa shape index (κ2) is 13.9. The van der Waals surface area contributed by atoms with Crippen molar-refractivity contribution < 1.29 is 33.4 Å². The molecule has 0 radical (unpaired) electrons. The highest BCUT2D eigenvalue weighted by molar-refractivity contribution is 8.00. The zero-order chi connectivity index (χ0) is 32.8. The lowest BCUT2D eigenvalue weighted by atomic mass is 9.97. The highest BCUT2D eigenvalue weighted by Crippen LogP contribution is 2.47. The van der Waals surface area contributed by atoms with Crippen LogP contribution >= 0.6 is 11.8 Å². The van der Waals surface area contributed by atoms with Gasteiger partial charge >= 0.3 is 11.9 Å². The summed E-state index contributed by atoms with van der Waals surface area (Å²) in [4.78, 5) is 58.0. The number of carbonyl (C=O) groups is 4. The number of carbonyl (C=O) groups excluding carboxylic acids is 4. The molecule has 1 unspecified atom stereocenters. The molecule has 0 aromatic heterocycles. The van der Waals surface area contributed by atoms with Crippen molar-refractivity contribution in [2.24, 2.45) is 16.5 Å². The van der Waals surface area contributed by atoms with Gasteiger partial charge in [-0.15, -0.1) is 11.8 Å². The van der Waals surface area contributed by atoms with Gasteiger partial charge in [0.05, 0.1) is 12.1 Å². The van der Waals surface area contributed by atoms with Crippen molar-refractivity contribution in [1.29, 1.82) is 0 Å². The second-order valence-electron chi connectivity index (χ2n) is 10.5. The van der Waals surface area contributed by atoms with E-state index in [1.807, 2.05) is 60.7 Å². The van der Waals surface area contributed by atoms with Crippen molar-refractivity contribution in [3.8, 4) is 0 Å². The number of amides is 2. The number of aliphatic imine (C=N–C) groups is 1. The summed E-state index contributed by atoms with van der Waals surface area (Å²) in [5.74, 6) is -2.34. The maximum absolute atomic E-state index is 14.0. The van der Waals surface area contributed by atoms with E-state index in [1.54, 1.807) is 24.3 Å². The summed E-state index contributed by atoms with van der Waals surface area (Å²) in [6.07, 6.45) is -0.845. The molecule has 2 amide bonds. The quantitative estimate of drug-likeness (QED) is 0.0926. The van der Waals surface area contributed by atoms with Crippen LogP contribution in [0.1, 0.15) is 29.7 Å². The first kappa shape index (κ1) is 32.3. The van der Waals surface area contributed by atoms with Crippen LogP contribution in [0.2, 0.25) is 0 Å². The third-order valence-corrected chi connectivity index (χ3v) is 8.76. The normalized spacial score (nSPS) is 18.7. The zero-order valence-electron chi connectivity index (χ0n) is 25.2. The predicted molar refractivity (Wildman–Crippen MR) is 171 cm³/mol. The van der Waals surface area contributed by atoms with E-state index in [0.717, 1.165) is 11.1 Å². The summed E-state index contributed by atoms with van der Waals surface area (Å²) in [7, 11) is 1.32. The lowest BCUT2D eigenvalue weighted by molar-refractivity contribution is -0.193. The maximum Gasteiger partial charge on any atom is 0.356 e. The number of fused-ring (bicyclic) bond motifs is 1. The SMILES string of the molecule is COC1(NC(=O)Cc2ccc(N=C(N)N)cc2)C(=O)N2C(C(=O)OC(c3ccccc3)c3ccccc3)=C(COC(C)=O)CS[C@@H]21. The van der Waals surface area contributed by atoms with Crippen LogP contribution in [0.4, 0.5) is 5.69 Å². The van der Waals surface area contributed by atoms with Crippen LogP contribution in [0.15, 0.2) is 101 Å². The summed E-state index contributed by atoms with van der Waals surface area (Å²) in [6.45, 7) is 1.04.